The standard InChI is InChI=1S/C17H19NO6/c1-23-17(22)15-16(24-11-12-5-3-2-4-6-12)14(21)7-8-18(15)9-13(20)10-19/h2-8,13,19-20H,9-11H2,1H3. The number of pyridine rings is 1. The third-order valence-corrected chi connectivity index (χ3v) is 3.35. The van der Waals surface area contributed by atoms with Crippen molar-refractivity contribution in [3.63, 3.8) is 0 Å². The smallest absolute Gasteiger partial charge is 0.358 e. The molecule has 2 aromatic rings. The maximum absolute atomic E-state index is 12.1. The van der Waals surface area contributed by atoms with Crippen LogP contribution in [0.25, 0.3) is 0 Å². The second-order valence-corrected chi connectivity index (χ2v) is 5.11. The van der Waals surface area contributed by atoms with E-state index in [4.69, 9.17) is 14.6 Å². The molecule has 1 heterocycles. The number of rotatable bonds is 7. The third kappa shape index (κ3) is 4.21. The molecule has 1 unspecified atom stereocenters. The van der Waals surface area contributed by atoms with Crippen LogP contribution in [-0.2, 0) is 17.9 Å². The van der Waals surface area contributed by atoms with Crippen LogP contribution in [0, 0.1) is 0 Å². The number of hydrogen-bond acceptors (Lipinski definition) is 6. The van der Waals surface area contributed by atoms with Crippen molar-refractivity contribution in [2.24, 2.45) is 0 Å². The van der Waals surface area contributed by atoms with Crippen LogP contribution in [-0.4, -0.2) is 40.6 Å². The lowest BCUT2D eigenvalue weighted by atomic mass is 10.2. The topological polar surface area (TPSA) is 98.0 Å². The zero-order valence-electron chi connectivity index (χ0n) is 13.2. The first kappa shape index (κ1) is 17.7. The molecule has 1 aromatic carbocycles. The molecule has 0 aliphatic carbocycles. The Labute approximate surface area is 138 Å². The summed E-state index contributed by atoms with van der Waals surface area (Å²) in [5.41, 5.74) is 0.257. The lowest BCUT2D eigenvalue weighted by Gasteiger charge is -2.17. The quantitative estimate of drug-likeness (QED) is 0.719. The molecule has 128 valence electrons. The molecule has 0 saturated carbocycles. The lowest BCUT2D eigenvalue weighted by Crippen LogP contribution is -2.27. The fourth-order valence-corrected chi connectivity index (χ4v) is 2.17. The van der Waals surface area contributed by atoms with E-state index < -0.39 is 24.1 Å². The summed E-state index contributed by atoms with van der Waals surface area (Å²) in [6.45, 7) is -0.456. The summed E-state index contributed by atoms with van der Waals surface area (Å²) in [6.07, 6.45) is 0.265. The predicted molar refractivity (Wildman–Crippen MR) is 85.9 cm³/mol. The molecule has 1 atom stereocenters. The summed E-state index contributed by atoms with van der Waals surface area (Å²) in [7, 11) is 1.19. The molecule has 2 rings (SSSR count). The molecule has 0 bridgehead atoms. The van der Waals surface area contributed by atoms with Crippen molar-refractivity contribution >= 4 is 5.97 Å². The Balaban J connectivity index is 2.38. The van der Waals surface area contributed by atoms with Crippen LogP contribution in [0.15, 0.2) is 47.4 Å². The molecule has 2 N–H and O–H groups in total. The van der Waals surface area contributed by atoms with E-state index in [1.54, 1.807) is 0 Å². The molecule has 0 aliphatic rings. The van der Waals surface area contributed by atoms with Gasteiger partial charge in [0.15, 0.2) is 11.4 Å². The van der Waals surface area contributed by atoms with E-state index in [-0.39, 0.29) is 24.6 Å². The fraction of sp³-hybridized carbons (Fsp3) is 0.294. The predicted octanol–water partition coefficient (Wildman–Crippen LogP) is 0.567. The van der Waals surface area contributed by atoms with Gasteiger partial charge in [0.25, 0.3) is 0 Å². The summed E-state index contributed by atoms with van der Waals surface area (Å²) in [4.78, 5) is 24.2. The van der Waals surface area contributed by atoms with Crippen molar-refractivity contribution in [3.8, 4) is 5.75 Å². The maximum Gasteiger partial charge on any atom is 0.358 e. The average Bonchev–Trinajstić information content (AvgIpc) is 2.61. The van der Waals surface area contributed by atoms with E-state index in [1.807, 2.05) is 30.3 Å². The molecular formula is C17H19NO6. The number of carbonyl (C=O) groups is 1. The second-order valence-electron chi connectivity index (χ2n) is 5.11. The van der Waals surface area contributed by atoms with Gasteiger partial charge in [-0.05, 0) is 5.56 Å². The first-order chi connectivity index (χ1) is 11.6. The van der Waals surface area contributed by atoms with Crippen LogP contribution in [0.2, 0.25) is 0 Å². The number of methoxy groups -OCH3 is 1. The highest BCUT2D eigenvalue weighted by atomic mass is 16.5. The minimum Gasteiger partial charge on any atom is -0.482 e. The Kier molecular flexibility index (Phi) is 6.11. The summed E-state index contributed by atoms with van der Waals surface area (Å²) >= 11 is 0. The minimum atomic E-state index is -1.09. The van der Waals surface area contributed by atoms with Gasteiger partial charge in [-0.1, -0.05) is 30.3 Å². The van der Waals surface area contributed by atoms with E-state index in [9.17, 15) is 14.7 Å². The Morgan fingerprint density at radius 3 is 2.58 bits per heavy atom. The van der Waals surface area contributed by atoms with Gasteiger partial charge in [0, 0.05) is 12.3 Å². The van der Waals surface area contributed by atoms with Crippen LogP contribution in [0.4, 0.5) is 0 Å². The largest absolute Gasteiger partial charge is 0.482 e. The van der Waals surface area contributed by atoms with Crippen molar-refractivity contribution in [2.45, 2.75) is 19.3 Å². The Bertz CT molecular complexity index is 740. The van der Waals surface area contributed by atoms with Crippen molar-refractivity contribution in [2.75, 3.05) is 13.7 Å². The highest BCUT2D eigenvalue weighted by Crippen LogP contribution is 2.17. The van der Waals surface area contributed by atoms with Crippen LogP contribution in [0.5, 0.6) is 5.75 Å². The van der Waals surface area contributed by atoms with Crippen LogP contribution >= 0.6 is 0 Å². The number of esters is 1. The third-order valence-electron chi connectivity index (χ3n) is 3.35. The highest BCUT2D eigenvalue weighted by Gasteiger charge is 2.22. The molecule has 24 heavy (non-hydrogen) atoms. The number of benzene rings is 1. The molecule has 1 aromatic heterocycles. The Morgan fingerprint density at radius 1 is 1.25 bits per heavy atom. The first-order valence-corrected chi connectivity index (χ1v) is 7.34. The molecule has 0 saturated heterocycles. The molecule has 0 aliphatic heterocycles. The van der Waals surface area contributed by atoms with Gasteiger partial charge in [0.1, 0.15) is 6.61 Å². The first-order valence-electron chi connectivity index (χ1n) is 7.34. The van der Waals surface area contributed by atoms with Gasteiger partial charge in [-0.15, -0.1) is 0 Å². The number of hydrogen-bond donors (Lipinski definition) is 2. The molecule has 0 spiro atoms. The van der Waals surface area contributed by atoms with Gasteiger partial charge < -0.3 is 24.3 Å². The van der Waals surface area contributed by atoms with E-state index >= 15 is 0 Å². The van der Waals surface area contributed by atoms with Gasteiger partial charge in [0.05, 0.1) is 26.4 Å². The van der Waals surface area contributed by atoms with Gasteiger partial charge in [-0.2, -0.15) is 0 Å². The summed E-state index contributed by atoms with van der Waals surface area (Å²) in [5.74, 6) is -0.917. The van der Waals surface area contributed by atoms with Crippen molar-refractivity contribution in [3.05, 3.63) is 64.1 Å². The zero-order chi connectivity index (χ0) is 17.5. The van der Waals surface area contributed by atoms with E-state index in [0.29, 0.717) is 0 Å². The molecule has 7 nitrogen and oxygen atoms in total. The van der Waals surface area contributed by atoms with Gasteiger partial charge in [-0.25, -0.2) is 4.79 Å². The Morgan fingerprint density at radius 2 is 1.96 bits per heavy atom. The SMILES string of the molecule is COC(=O)c1c(OCc2ccccc2)c(=O)ccn1CC(O)CO. The monoisotopic (exact) mass is 333 g/mol. The van der Waals surface area contributed by atoms with Crippen molar-refractivity contribution < 1.29 is 24.5 Å². The van der Waals surface area contributed by atoms with Crippen LogP contribution < -0.4 is 10.2 Å². The maximum atomic E-state index is 12.1. The van der Waals surface area contributed by atoms with Crippen molar-refractivity contribution in [1.82, 2.24) is 4.57 Å². The molecule has 7 heteroatoms. The lowest BCUT2D eigenvalue weighted by molar-refractivity contribution is 0.0557. The number of ether oxygens (including phenoxy) is 2. The van der Waals surface area contributed by atoms with E-state index in [0.717, 1.165) is 5.56 Å². The Hall–Kier alpha value is -2.64. The van der Waals surface area contributed by atoms with E-state index in [1.165, 1.54) is 23.9 Å². The van der Waals surface area contributed by atoms with Crippen LogP contribution in [0.1, 0.15) is 16.1 Å². The minimum absolute atomic E-state index is 0.0804. The number of aromatic nitrogens is 1. The number of nitrogens with zero attached hydrogens (tertiary/aromatic N) is 1. The highest BCUT2D eigenvalue weighted by molar-refractivity contribution is 5.90. The summed E-state index contributed by atoms with van der Waals surface area (Å²) in [6, 6.07) is 10.4. The molecule has 0 amide bonds. The molecular weight excluding hydrogens is 314 g/mol. The zero-order valence-corrected chi connectivity index (χ0v) is 13.2. The van der Waals surface area contributed by atoms with Gasteiger partial charge >= 0.3 is 5.97 Å². The second kappa shape index (κ2) is 8.28. The van der Waals surface area contributed by atoms with E-state index in [2.05, 4.69) is 0 Å². The average molecular weight is 333 g/mol. The number of aliphatic hydroxyl groups is 2. The van der Waals surface area contributed by atoms with Crippen molar-refractivity contribution in [1.29, 1.82) is 0 Å². The summed E-state index contributed by atoms with van der Waals surface area (Å²) in [5, 5.41) is 18.6. The normalized spacial score (nSPS) is 11.8. The van der Waals surface area contributed by atoms with Gasteiger partial charge in [0.2, 0.25) is 5.43 Å². The van der Waals surface area contributed by atoms with Gasteiger partial charge in [-0.3, -0.25) is 4.79 Å². The number of carbonyl (C=O) groups excluding carboxylic acids is 1. The number of aliphatic hydroxyl groups excluding tert-OH is 2. The molecule has 0 radical (unpaired) electrons. The molecule has 0 fully saturated rings. The fourth-order valence-electron chi connectivity index (χ4n) is 2.17. The van der Waals surface area contributed by atoms with Crippen LogP contribution in [0.3, 0.4) is 0 Å². The summed E-state index contributed by atoms with van der Waals surface area (Å²) < 4.78 is 11.6.